The first-order valence-electron chi connectivity index (χ1n) is 11.6. The molecule has 0 aromatic heterocycles. The molecule has 1 heterocycles. The number of para-hydroxylation sites is 3. The lowest BCUT2D eigenvalue weighted by Gasteiger charge is -2.26. The van der Waals surface area contributed by atoms with Crippen molar-refractivity contribution in [2.45, 2.75) is 19.6 Å². The second kappa shape index (κ2) is 11.2. The lowest BCUT2D eigenvalue weighted by Crippen LogP contribution is -2.35. The van der Waals surface area contributed by atoms with Gasteiger partial charge in [-0.05, 0) is 18.2 Å². The predicted molar refractivity (Wildman–Crippen MR) is 130 cm³/mol. The minimum absolute atomic E-state index is 0.328. The number of phenolic OH excluding ortho intramolecular Hbond substituents is 3. The number of hydrogen-bond acceptors (Lipinski definition) is 6. The van der Waals surface area contributed by atoms with Crippen LogP contribution in [0.4, 0.5) is 0 Å². The summed E-state index contributed by atoms with van der Waals surface area (Å²) in [6.45, 7) is 7.25. The smallest absolute Gasteiger partial charge is 0.120 e. The molecule has 3 N–H and O–H groups in total. The van der Waals surface area contributed by atoms with E-state index in [9.17, 15) is 15.3 Å². The third-order valence-electron chi connectivity index (χ3n) is 6.35. The lowest BCUT2D eigenvalue weighted by molar-refractivity contribution is 0.207. The van der Waals surface area contributed by atoms with Crippen molar-refractivity contribution < 1.29 is 15.3 Å². The van der Waals surface area contributed by atoms with Gasteiger partial charge in [-0.25, -0.2) is 0 Å². The van der Waals surface area contributed by atoms with Crippen LogP contribution in [0.3, 0.4) is 0 Å². The largest absolute Gasteiger partial charge is 0.508 e. The van der Waals surface area contributed by atoms with Gasteiger partial charge >= 0.3 is 0 Å². The van der Waals surface area contributed by atoms with Crippen LogP contribution in [-0.2, 0) is 19.6 Å². The molecule has 0 saturated carbocycles. The fourth-order valence-corrected chi connectivity index (χ4v) is 4.31. The molecule has 1 aliphatic heterocycles. The van der Waals surface area contributed by atoms with Gasteiger partial charge in [0, 0.05) is 75.6 Å². The Balaban J connectivity index is 1.51. The van der Waals surface area contributed by atoms with Crippen LogP contribution in [0.5, 0.6) is 17.2 Å². The topological polar surface area (TPSA) is 70.4 Å². The van der Waals surface area contributed by atoms with Gasteiger partial charge in [-0.1, -0.05) is 54.6 Å². The Hall–Kier alpha value is -3.06. The van der Waals surface area contributed by atoms with E-state index < -0.39 is 0 Å². The number of benzene rings is 3. The average Bonchev–Trinajstić information content (AvgIpc) is 2.90. The quantitative estimate of drug-likeness (QED) is 0.536. The van der Waals surface area contributed by atoms with Gasteiger partial charge in [-0.3, -0.25) is 14.7 Å². The molecule has 0 bridgehead atoms. The Morgan fingerprint density at radius 2 is 0.667 bits per heavy atom. The Morgan fingerprint density at radius 1 is 0.424 bits per heavy atom. The van der Waals surface area contributed by atoms with E-state index >= 15 is 0 Å². The van der Waals surface area contributed by atoms with E-state index in [0.29, 0.717) is 36.9 Å². The molecule has 0 radical (unpaired) electrons. The number of rotatable bonds is 6. The van der Waals surface area contributed by atoms with E-state index in [1.165, 1.54) is 0 Å². The first-order valence-corrected chi connectivity index (χ1v) is 11.6. The second-order valence-corrected chi connectivity index (χ2v) is 8.71. The summed E-state index contributed by atoms with van der Waals surface area (Å²) >= 11 is 0. The zero-order valence-corrected chi connectivity index (χ0v) is 19.0. The summed E-state index contributed by atoms with van der Waals surface area (Å²) in [4.78, 5) is 7.11. The first kappa shape index (κ1) is 23.1. The van der Waals surface area contributed by atoms with Crippen molar-refractivity contribution in [3.05, 3.63) is 89.5 Å². The van der Waals surface area contributed by atoms with E-state index in [1.54, 1.807) is 18.2 Å². The molecule has 0 unspecified atom stereocenters. The lowest BCUT2D eigenvalue weighted by atomic mass is 10.1. The third-order valence-corrected chi connectivity index (χ3v) is 6.35. The number of aromatic hydroxyl groups is 3. The van der Waals surface area contributed by atoms with Gasteiger partial charge in [-0.15, -0.1) is 0 Å². The summed E-state index contributed by atoms with van der Waals surface area (Å²) in [5.74, 6) is 0.985. The third kappa shape index (κ3) is 6.48. The van der Waals surface area contributed by atoms with Gasteiger partial charge < -0.3 is 15.3 Å². The molecule has 33 heavy (non-hydrogen) atoms. The Morgan fingerprint density at radius 3 is 0.909 bits per heavy atom. The summed E-state index contributed by atoms with van der Waals surface area (Å²) in [6.07, 6.45) is 0. The van der Waals surface area contributed by atoms with Crippen molar-refractivity contribution in [1.82, 2.24) is 14.7 Å². The molecule has 0 amide bonds. The SMILES string of the molecule is Oc1ccccc1CN1CCN(Cc2ccccc2O)CCN(Cc2ccccc2O)CC1. The highest BCUT2D eigenvalue weighted by Gasteiger charge is 2.19. The van der Waals surface area contributed by atoms with Crippen molar-refractivity contribution in [1.29, 1.82) is 0 Å². The highest BCUT2D eigenvalue weighted by Crippen LogP contribution is 2.22. The number of phenols is 3. The van der Waals surface area contributed by atoms with Crippen LogP contribution in [0.15, 0.2) is 72.8 Å². The maximum absolute atomic E-state index is 10.3. The Labute approximate surface area is 195 Å². The van der Waals surface area contributed by atoms with E-state index in [4.69, 9.17) is 0 Å². The maximum atomic E-state index is 10.3. The Kier molecular flexibility index (Phi) is 7.83. The summed E-state index contributed by atoms with van der Waals surface area (Å²) in [5.41, 5.74) is 2.78. The van der Waals surface area contributed by atoms with Crippen LogP contribution in [0.2, 0.25) is 0 Å². The van der Waals surface area contributed by atoms with Crippen LogP contribution in [-0.4, -0.2) is 69.3 Å². The predicted octanol–water partition coefficient (Wildman–Crippen LogP) is 3.62. The monoisotopic (exact) mass is 447 g/mol. The Bertz CT molecular complexity index is 898. The summed E-state index contributed by atoms with van der Waals surface area (Å²) < 4.78 is 0. The van der Waals surface area contributed by atoms with Crippen molar-refractivity contribution in [2.75, 3.05) is 39.3 Å². The van der Waals surface area contributed by atoms with Crippen molar-refractivity contribution in [2.24, 2.45) is 0 Å². The number of nitrogens with zero attached hydrogens (tertiary/aromatic N) is 3. The summed E-state index contributed by atoms with van der Waals surface area (Å²) in [5, 5.41) is 30.8. The normalized spacial score (nSPS) is 16.7. The highest BCUT2D eigenvalue weighted by atomic mass is 16.3. The molecule has 1 fully saturated rings. The van der Waals surface area contributed by atoms with Gasteiger partial charge in [-0.2, -0.15) is 0 Å². The van der Waals surface area contributed by atoms with Crippen molar-refractivity contribution >= 4 is 0 Å². The molecule has 4 rings (SSSR count). The molecule has 6 heteroatoms. The van der Waals surface area contributed by atoms with Gasteiger partial charge in [0.2, 0.25) is 0 Å². The standard InChI is InChI=1S/C27H33N3O3/c31-25-10-4-1-7-22(25)19-28-13-15-29(20-23-8-2-5-11-26(23)32)17-18-30(16-14-28)21-24-9-3-6-12-27(24)33/h1-12,31-33H,13-21H2. The molecule has 3 aromatic carbocycles. The van der Waals surface area contributed by atoms with Crippen LogP contribution < -0.4 is 0 Å². The molecule has 6 nitrogen and oxygen atoms in total. The zero-order chi connectivity index (χ0) is 23.0. The molecular formula is C27H33N3O3. The molecule has 0 spiro atoms. The molecule has 0 aliphatic carbocycles. The number of hydrogen-bond donors (Lipinski definition) is 3. The molecule has 1 saturated heterocycles. The van der Waals surface area contributed by atoms with Crippen molar-refractivity contribution in [3.8, 4) is 17.2 Å². The van der Waals surface area contributed by atoms with Gasteiger partial charge in [0.15, 0.2) is 0 Å². The summed E-state index contributed by atoms with van der Waals surface area (Å²) in [7, 11) is 0. The fraction of sp³-hybridized carbons (Fsp3) is 0.333. The van der Waals surface area contributed by atoms with Crippen LogP contribution >= 0.6 is 0 Å². The van der Waals surface area contributed by atoms with E-state index in [2.05, 4.69) is 14.7 Å². The second-order valence-electron chi connectivity index (χ2n) is 8.71. The van der Waals surface area contributed by atoms with E-state index in [-0.39, 0.29) is 0 Å². The van der Waals surface area contributed by atoms with E-state index in [0.717, 1.165) is 56.0 Å². The molecule has 1 aliphatic rings. The van der Waals surface area contributed by atoms with E-state index in [1.807, 2.05) is 54.6 Å². The molecule has 174 valence electrons. The zero-order valence-electron chi connectivity index (χ0n) is 19.0. The first-order chi connectivity index (χ1) is 16.1. The molecule has 0 atom stereocenters. The highest BCUT2D eigenvalue weighted by molar-refractivity contribution is 5.33. The van der Waals surface area contributed by atoms with Crippen LogP contribution in [0.25, 0.3) is 0 Å². The fourth-order valence-electron chi connectivity index (χ4n) is 4.31. The minimum atomic E-state index is 0.328. The van der Waals surface area contributed by atoms with Crippen molar-refractivity contribution in [3.63, 3.8) is 0 Å². The van der Waals surface area contributed by atoms with Gasteiger partial charge in [0.1, 0.15) is 17.2 Å². The van der Waals surface area contributed by atoms with Gasteiger partial charge in [0.25, 0.3) is 0 Å². The summed E-state index contributed by atoms with van der Waals surface area (Å²) in [6, 6.07) is 22.5. The van der Waals surface area contributed by atoms with Gasteiger partial charge in [0.05, 0.1) is 0 Å². The average molecular weight is 448 g/mol. The van der Waals surface area contributed by atoms with Crippen LogP contribution in [0, 0.1) is 0 Å². The molecule has 3 aromatic rings. The van der Waals surface area contributed by atoms with Crippen LogP contribution in [0.1, 0.15) is 16.7 Å². The molecular weight excluding hydrogens is 414 g/mol. The minimum Gasteiger partial charge on any atom is -0.508 e. The maximum Gasteiger partial charge on any atom is 0.120 e.